The van der Waals surface area contributed by atoms with Gasteiger partial charge in [-0.2, -0.15) is 0 Å². The summed E-state index contributed by atoms with van der Waals surface area (Å²) in [5, 5.41) is 13.1. The van der Waals surface area contributed by atoms with Crippen LogP contribution in [-0.2, 0) is 20.8 Å². The summed E-state index contributed by atoms with van der Waals surface area (Å²) in [5.74, 6) is -2.55. The van der Waals surface area contributed by atoms with Crippen LogP contribution >= 0.6 is 0 Å². The molecular formula is C29H35N9O3. The van der Waals surface area contributed by atoms with Crippen molar-refractivity contribution in [1.29, 1.82) is 5.41 Å². The van der Waals surface area contributed by atoms with Gasteiger partial charge >= 0.3 is 0 Å². The zero-order chi connectivity index (χ0) is 29.8. The maximum absolute atomic E-state index is 13.8. The van der Waals surface area contributed by atoms with Crippen LogP contribution in [-0.4, -0.2) is 47.1 Å². The average Bonchev–Trinajstić information content (AvgIpc) is 2.96. The third kappa shape index (κ3) is 9.17. The van der Waals surface area contributed by atoms with Crippen LogP contribution in [0.1, 0.15) is 47.1 Å². The smallest absolute Gasteiger partial charge is 0.247 e. The van der Waals surface area contributed by atoms with Crippen molar-refractivity contribution in [3.8, 4) is 0 Å². The van der Waals surface area contributed by atoms with Crippen LogP contribution in [0.25, 0.3) is 0 Å². The Morgan fingerprint density at radius 3 is 2.12 bits per heavy atom. The van der Waals surface area contributed by atoms with E-state index < -0.39 is 35.7 Å². The number of aromatic nitrogens is 1. The van der Waals surface area contributed by atoms with E-state index >= 15 is 0 Å². The molecule has 3 amide bonds. The second kappa shape index (κ2) is 14.8. The number of aliphatic imine (C=N–C) groups is 1. The first-order chi connectivity index (χ1) is 19.7. The highest BCUT2D eigenvalue weighted by molar-refractivity contribution is 5.95. The molecule has 1 aromatic heterocycles. The van der Waals surface area contributed by atoms with Crippen molar-refractivity contribution in [2.45, 2.75) is 37.3 Å². The van der Waals surface area contributed by atoms with E-state index in [0.29, 0.717) is 29.5 Å². The molecule has 0 radical (unpaired) electrons. The Balaban J connectivity index is 1.85. The summed E-state index contributed by atoms with van der Waals surface area (Å²) in [6.07, 6.45) is 4.12. The Bertz CT molecular complexity index is 1360. The van der Waals surface area contributed by atoms with Gasteiger partial charge in [-0.1, -0.05) is 60.7 Å². The maximum Gasteiger partial charge on any atom is 0.247 e. The Morgan fingerprint density at radius 2 is 1.54 bits per heavy atom. The molecule has 0 aliphatic carbocycles. The molecule has 0 aliphatic heterocycles. The fraction of sp³-hybridized carbons (Fsp3) is 0.241. The van der Waals surface area contributed by atoms with Crippen molar-refractivity contribution in [3.05, 3.63) is 101 Å². The number of hydrogen-bond acceptors (Lipinski definition) is 6. The number of benzene rings is 2. The highest BCUT2D eigenvalue weighted by Crippen LogP contribution is 2.23. The van der Waals surface area contributed by atoms with Crippen LogP contribution in [0.15, 0.2) is 84.1 Å². The summed E-state index contributed by atoms with van der Waals surface area (Å²) in [5.41, 5.74) is 24.4. The van der Waals surface area contributed by atoms with E-state index in [9.17, 15) is 14.4 Å². The molecule has 0 saturated carbocycles. The molecular weight excluding hydrogens is 522 g/mol. The Morgan fingerprint density at radius 1 is 0.854 bits per heavy atom. The van der Waals surface area contributed by atoms with E-state index in [1.165, 1.54) is 0 Å². The first-order valence-electron chi connectivity index (χ1n) is 13.0. The monoisotopic (exact) mass is 557 g/mol. The van der Waals surface area contributed by atoms with E-state index in [1.807, 2.05) is 0 Å². The van der Waals surface area contributed by atoms with Gasteiger partial charge in [-0.15, -0.1) is 0 Å². The van der Waals surface area contributed by atoms with Gasteiger partial charge in [0.05, 0.1) is 5.92 Å². The summed E-state index contributed by atoms with van der Waals surface area (Å²) in [4.78, 5) is 47.5. The molecule has 0 fully saturated rings. The Hall–Kier alpha value is -5.26. The number of carbonyl (C=O) groups is 3. The number of nitrogen functional groups attached to an aromatic ring is 1. The normalized spacial score (nSPS) is 12.8. The molecule has 3 aromatic rings. The number of amides is 3. The lowest BCUT2D eigenvalue weighted by Gasteiger charge is -2.25. The van der Waals surface area contributed by atoms with Crippen molar-refractivity contribution >= 4 is 29.5 Å². The topological polar surface area (TPSA) is 228 Å². The van der Waals surface area contributed by atoms with Crippen LogP contribution in [0, 0.1) is 5.41 Å². The molecule has 0 bridgehead atoms. The number of hydrogen-bond donors (Lipinski definition) is 7. The molecule has 3 atom stereocenters. The second-order valence-corrected chi connectivity index (χ2v) is 9.42. The molecule has 12 nitrogen and oxygen atoms in total. The van der Waals surface area contributed by atoms with Crippen molar-refractivity contribution in [2.24, 2.45) is 27.9 Å². The van der Waals surface area contributed by atoms with E-state index in [2.05, 4.69) is 20.6 Å². The molecule has 0 saturated heterocycles. The number of guanidine groups is 1. The molecule has 2 aromatic carbocycles. The fourth-order valence-corrected chi connectivity index (χ4v) is 4.23. The van der Waals surface area contributed by atoms with Crippen molar-refractivity contribution < 1.29 is 14.4 Å². The van der Waals surface area contributed by atoms with E-state index in [-0.39, 0.29) is 24.8 Å². The zero-order valence-corrected chi connectivity index (χ0v) is 22.5. The van der Waals surface area contributed by atoms with E-state index in [1.54, 1.807) is 79.1 Å². The summed E-state index contributed by atoms with van der Waals surface area (Å²) in [6, 6.07) is 17.2. The average molecular weight is 558 g/mol. The van der Waals surface area contributed by atoms with Gasteiger partial charge in [-0.3, -0.25) is 29.8 Å². The molecule has 12 heteroatoms. The van der Waals surface area contributed by atoms with Gasteiger partial charge in [-0.25, -0.2) is 0 Å². The number of nitrogens with one attached hydrogen (secondary N) is 3. The Labute approximate surface area is 238 Å². The quantitative estimate of drug-likeness (QED) is 0.0845. The van der Waals surface area contributed by atoms with Gasteiger partial charge in [0.25, 0.3) is 0 Å². The van der Waals surface area contributed by atoms with Crippen LogP contribution in [0.3, 0.4) is 0 Å². The molecule has 214 valence electrons. The number of rotatable bonds is 14. The molecule has 11 N–H and O–H groups in total. The molecule has 0 aliphatic rings. The summed E-state index contributed by atoms with van der Waals surface area (Å²) in [7, 11) is 0. The van der Waals surface area contributed by atoms with Crippen LogP contribution in [0.5, 0.6) is 0 Å². The summed E-state index contributed by atoms with van der Waals surface area (Å²) < 4.78 is 0. The van der Waals surface area contributed by atoms with Gasteiger partial charge in [0, 0.05) is 24.5 Å². The highest BCUT2D eigenvalue weighted by atomic mass is 16.2. The number of primary amides is 1. The number of nitrogens with zero attached hydrogens (tertiary/aromatic N) is 2. The first kappa shape index (κ1) is 30.3. The van der Waals surface area contributed by atoms with Gasteiger partial charge in [0.15, 0.2) is 5.96 Å². The number of pyridine rings is 1. The molecule has 1 heterocycles. The maximum atomic E-state index is 13.8. The number of carbonyl (C=O) groups excluding carboxylic acids is 3. The van der Waals surface area contributed by atoms with E-state index in [0.717, 1.165) is 5.56 Å². The fourth-order valence-electron chi connectivity index (χ4n) is 4.23. The summed E-state index contributed by atoms with van der Waals surface area (Å²) in [6.45, 7) is 0.265. The predicted octanol–water partition coefficient (Wildman–Crippen LogP) is 0.573. The van der Waals surface area contributed by atoms with Crippen LogP contribution in [0.4, 0.5) is 0 Å². The van der Waals surface area contributed by atoms with Crippen LogP contribution in [0.2, 0.25) is 0 Å². The second-order valence-electron chi connectivity index (χ2n) is 9.42. The minimum atomic E-state index is -1.11. The van der Waals surface area contributed by atoms with Crippen molar-refractivity contribution in [1.82, 2.24) is 15.6 Å². The Kier molecular flexibility index (Phi) is 10.9. The largest absolute Gasteiger partial charge is 0.384 e. The summed E-state index contributed by atoms with van der Waals surface area (Å²) >= 11 is 0. The lowest BCUT2D eigenvalue weighted by atomic mass is 9.91. The molecule has 0 spiro atoms. The molecule has 1 unspecified atom stereocenters. The minimum Gasteiger partial charge on any atom is -0.384 e. The minimum absolute atomic E-state index is 0.0553. The van der Waals surface area contributed by atoms with Crippen LogP contribution < -0.4 is 33.6 Å². The molecule has 3 rings (SSSR count). The van der Waals surface area contributed by atoms with Gasteiger partial charge in [0.2, 0.25) is 17.7 Å². The SMILES string of the molecule is N=C(N)c1ccc(CC(C(=O)N[C@H](C(=O)N[C@@H](CCCN=C(N)N)C(N)=O)c2ccccc2)c2cccnc2)cc1. The molecule has 41 heavy (non-hydrogen) atoms. The van der Waals surface area contributed by atoms with Gasteiger partial charge < -0.3 is 33.6 Å². The lowest BCUT2D eigenvalue weighted by Crippen LogP contribution is -2.50. The number of nitrogens with two attached hydrogens (primary N) is 4. The first-order valence-corrected chi connectivity index (χ1v) is 13.0. The van der Waals surface area contributed by atoms with Gasteiger partial charge in [-0.05, 0) is 42.0 Å². The van der Waals surface area contributed by atoms with E-state index in [4.69, 9.17) is 28.3 Å². The lowest BCUT2D eigenvalue weighted by molar-refractivity contribution is -0.132. The third-order valence-electron chi connectivity index (χ3n) is 6.39. The third-order valence-corrected chi connectivity index (χ3v) is 6.39. The van der Waals surface area contributed by atoms with Crippen molar-refractivity contribution in [3.63, 3.8) is 0 Å². The van der Waals surface area contributed by atoms with Crippen molar-refractivity contribution in [2.75, 3.05) is 6.54 Å². The number of amidine groups is 1. The highest BCUT2D eigenvalue weighted by Gasteiger charge is 2.30. The zero-order valence-electron chi connectivity index (χ0n) is 22.5. The standard InChI is InChI=1S/C29H35N9O3/c30-25(31)20-12-10-18(11-13-20)16-22(21-8-4-14-35-17-21)27(40)38-24(19-6-2-1-3-7-19)28(41)37-23(26(32)39)9-5-15-36-29(33)34/h1-4,6-8,10-14,17,22-24H,5,9,15-16H2,(H3,30,31)(H2,32,39)(H,37,41)(H,38,40)(H4,33,34,36)/t22?,23-,24-/m0/s1. The van der Waals surface area contributed by atoms with Gasteiger partial charge in [0.1, 0.15) is 17.9 Å². The predicted molar refractivity (Wildman–Crippen MR) is 157 cm³/mol.